The van der Waals surface area contributed by atoms with E-state index in [1.165, 1.54) is 18.5 Å². The standard InChI is InChI=1S/C12H13Cl2FN4/c1-7(16-3-2-12-17-6-18-19-12)8-4-11(15)10(14)5-9(8)13/h4-7,16H,2-3H2,1H3,(H,17,18,19). The topological polar surface area (TPSA) is 53.6 Å². The molecule has 1 unspecified atom stereocenters. The number of halogens is 3. The van der Waals surface area contributed by atoms with Crippen LogP contribution in [0, 0.1) is 5.82 Å². The lowest BCUT2D eigenvalue weighted by Crippen LogP contribution is -2.22. The molecule has 4 nitrogen and oxygen atoms in total. The summed E-state index contributed by atoms with van der Waals surface area (Å²) in [6.45, 7) is 2.59. The third-order valence-corrected chi connectivity index (χ3v) is 3.40. The number of benzene rings is 1. The highest BCUT2D eigenvalue weighted by Crippen LogP contribution is 2.28. The normalized spacial score (nSPS) is 12.6. The average Bonchev–Trinajstić information content (AvgIpc) is 2.86. The molecule has 1 aromatic carbocycles. The number of aromatic amines is 1. The first-order chi connectivity index (χ1) is 9.08. The van der Waals surface area contributed by atoms with Crippen molar-refractivity contribution in [1.82, 2.24) is 20.5 Å². The van der Waals surface area contributed by atoms with E-state index in [4.69, 9.17) is 23.2 Å². The lowest BCUT2D eigenvalue weighted by molar-refractivity contribution is 0.562. The highest BCUT2D eigenvalue weighted by Gasteiger charge is 2.13. The number of aromatic nitrogens is 3. The summed E-state index contributed by atoms with van der Waals surface area (Å²) in [4.78, 5) is 4.02. The van der Waals surface area contributed by atoms with Gasteiger partial charge in [0.25, 0.3) is 0 Å². The number of hydrogen-bond donors (Lipinski definition) is 2. The van der Waals surface area contributed by atoms with E-state index in [1.54, 1.807) is 0 Å². The molecule has 0 aliphatic heterocycles. The Morgan fingerprint density at radius 1 is 1.37 bits per heavy atom. The predicted molar refractivity (Wildman–Crippen MR) is 72.9 cm³/mol. The minimum absolute atomic E-state index is 0.0302. The molecule has 0 amide bonds. The van der Waals surface area contributed by atoms with Gasteiger partial charge in [-0.2, -0.15) is 5.10 Å². The van der Waals surface area contributed by atoms with Crippen LogP contribution in [0.25, 0.3) is 0 Å². The molecule has 0 aliphatic rings. The molecule has 0 spiro atoms. The second-order valence-corrected chi connectivity index (χ2v) is 4.96. The predicted octanol–water partition coefficient (Wildman–Crippen LogP) is 3.14. The summed E-state index contributed by atoms with van der Waals surface area (Å²) in [6.07, 6.45) is 2.17. The monoisotopic (exact) mass is 302 g/mol. The van der Waals surface area contributed by atoms with Crippen molar-refractivity contribution < 1.29 is 4.39 Å². The lowest BCUT2D eigenvalue weighted by Gasteiger charge is -2.15. The molecule has 2 aromatic rings. The van der Waals surface area contributed by atoms with Gasteiger partial charge in [-0.25, -0.2) is 9.37 Å². The van der Waals surface area contributed by atoms with Crippen molar-refractivity contribution >= 4 is 23.2 Å². The molecule has 1 aromatic heterocycles. The van der Waals surface area contributed by atoms with Gasteiger partial charge in [0, 0.05) is 24.0 Å². The summed E-state index contributed by atoms with van der Waals surface area (Å²) < 4.78 is 13.4. The zero-order valence-corrected chi connectivity index (χ0v) is 11.8. The number of rotatable bonds is 5. The van der Waals surface area contributed by atoms with Gasteiger partial charge in [0.05, 0.1) is 5.02 Å². The molecule has 2 rings (SSSR count). The van der Waals surface area contributed by atoms with Crippen molar-refractivity contribution in [3.05, 3.63) is 45.7 Å². The first-order valence-corrected chi connectivity index (χ1v) is 6.55. The maximum absolute atomic E-state index is 13.4. The molecule has 0 bridgehead atoms. The lowest BCUT2D eigenvalue weighted by atomic mass is 10.1. The maximum atomic E-state index is 13.4. The molecule has 0 saturated heterocycles. The minimum atomic E-state index is -0.468. The molecule has 102 valence electrons. The van der Waals surface area contributed by atoms with Crippen LogP contribution in [0.3, 0.4) is 0 Å². The van der Waals surface area contributed by atoms with Gasteiger partial charge in [0.1, 0.15) is 18.0 Å². The summed E-state index contributed by atoms with van der Waals surface area (Å²) in [5.74, 6) is 0.332. The molecule has 0 fully saturated rings. The Kier molecular flexibility index (Phi) is 4.74. The third-order valence-electron chi connectivity index (χ3n) is 2.78. The van der Waals surface area contributed by atoms with Crippen LogP contribution in [0.15, 0.2) is 18.5 Å². The molecular weight excluding hydrogens is 290 g/mol. The van der Waals surface area contributed by atoms with Crippen molar-refractivity contribution in [2.75, 3.05) is 6.54 Å². The number of H-pyrrole nitrogens is 1. The van der Waals surface area contributed by atoms with Crippen LogP contribution in [0.4, 0.5) is 4.39 Å². The van der Waals surface area contributed by atoms with Crippen molar-refractivity contribution in [2.24, 2.45) is 0 Å². The van der Waals surface area contributed by atoms with E-state index in [1.807, 2.05) is 6.92 Å². The van der Waals surface area contributed by atoms with Gasteiger partial charge in [-0.1, -0.05) is 23.2 Å². The fraction of sp³-hybridized carbons (Fsp3) is 0.333. The average molecular weight is 303 g/mol. The Hall–Kier alpha value is -1.17. The largest absolute Gasteiger partial charge is 0.310 e. The van der Waals surface area contributed by atoms with Crippen molar-refractivity contribution in [1.29, 1.82) is 0 Å². The maximum Gasteiger partial charge on any atom is 0.142 e. The van der Waals surface area contributed by atoms with Crippen molar-refractivity contribution in [3.63, 3.8) is 0 Å². The Morgan fingerprint density at radius 3 is 2.84 bits per heavy atom. The van der Waals surface area contributed by atoms with Gasteiger partial charge >= 0.3 is 0 Å². The van der Waals surface area contributed by atoms with Gasteiger partial charge < -0.3 is 5.32 Å². The quantitative estimate of drug-likeness (QED) is 0.834. The van der Waals surface area contributed by atoms with Gasteiger partial charge in [0.15, 0.2) is 0 Å². The number of nitrogens with zero attached hydrogens (tertiary/aromatic N) is 2. The van der Waals surface area contributed by atoms with E-state index in [2.05, 4.69) is 20.5 Å². The molecule has 2 N–H and O–H groups in total. The zero-order valence-electron chi connectivity index (χ0n) is 10.3. The van der Waals surface area contributed by atoms with Crippen LogP contribution < -0.4 is 5.32 Å². The van der Waals surface area contributed by atoms with E-state index >= 15 is 0 Å². The number of nitrogens with one attached hydrogen (secondary N) is 2. The van der Waals surface area contributed by atoms with Crippen molar-refractivity contribution in [2.45, 2.75) is 19.4 Å². The van der Waals surface area contributed by atoms with Crippen LogP contribution >= 0.6 is 23.2 Å². The van der Waals surface area contributed by atoms with E-state index in [-0.39, 0.29) is 11.1 Å². The first kappa shape index (κ1) is 14.2. The molecule has 7 heteroatoms. The fourth-order valence-electron chi connectivity index (χ4n) is 1.74. The Bertz CT molecular complexity index is 545. The SMILES string of the molecule is CC(NCCc1ncn[nH]1)c1cc(F)c(Cl)cc1Cl. The number of hydrogen-bond acceptors (Lipinski definition) is 3. The summed E-state index contributed by atoms with van der Waals surface area (Å²) in [5.41, 5.74) is 0.682. The van der Waals surface area contributed by atoms with Crippen LogP contribution in [0.2, 0.25) is 10.0 Å². The molecule has 1 heterocycles. The van der Waals surface area contributed by atoms with E-state index in [9.17, 15) is 4.39 Å². The molecule has 0 aliphatic carbocycles. The van der Waals surface area contributed by atoms with Gasteiger partial charge in [-0.05, 0) is 24.6 Å². The van der Waals surface area contributed by atoms with Gasteiger partial charge in [-0.15, -0.1) is 0 Å². The summed E-state index contributed by atoms with van der Waals surface area (Å²) in [5, 5.41) is 10.3. The minimum Gasteiger partial charge on any atom is -0.310 e. The van der Waals surface area contributed by atoms with Crippen LogP contribution in [0.1, 0.15) is 24.4 Å². The Balaban J connectivity index is 1.96. The molecule has 1 atom stereocenters. The third kappa shape index (κ3) is 3.65. The summed E-state index contributed by atoms with van der Waals surface area (Å²) >= 11 is 11.7. The van der Waals surface area contributed by atoms with Crippen LogP contribution in [-0.4, -0.2) is 21.7 Å². The van der Waals surface area contributed by atoms with E-state index in [0.29, 0.717) is 23.6 Å². The summed E-state index contributed by atoms with van der Waals surface area (Å²) in [6, 6.07) is 2.70. The highest BCUT2D eigenvalue weighted by molar-refractivity contribution is 6.35. The highest BCUT2D eigenvalue weighted by atomic mass is 35.5. The van der Waals surface area contributed by atoms with Gasteiger partial charge in [-0.3, -0.25) is 5.10 Å². The van der Waals surface area contributed by atoms with Crippen LogP contribution in [-0.2, 0) is 6.42 Å². The second kappa shape index (κ2) is 6.32. The Morgan fingerprint density at radius 2 is 2.16 bits per heavy atom. The first-order valence-electron chi connectivity index (χ1n) is 5.80. The zero-order chi connectivity index (χ0) is 13.8. The van der Waals surface area contributed by atoms with Crippen molar-refractivity contribution in [3.8, 4) is 0 Å². The Labute approximate surface area is 120 Å². The molecule has 0 radical (unpaired) electrons. The summed E-state index contributed by atoms with van der Waals surface area (Å²) in [7, 11) is 0. The van der Waals surface area contributed by atoms with E-state index in [0.717, 1.165) is 5.82 Å². The smallest absolute Gasteiger partial charge is 0.142 e. The second-order valence-electron chi connectivity index (χ2n) is 4.15. The van der Waals surface area contributed by atoms with Crippen LogP contribution in [0.5, 0.6) is 0 Å². The molecule has 0 saturated carbocycles. The fourth-order valence-corrected chi connectivity index (χ4v) is 2.28. The molecule has 19 heavy (non-hydrogen) atoms. The van der Waals surface area contributed by atoms with E-state index < -0.39 is 5.82 Å². The molecular formula is C12H13Cl2FN4. The van der Waals surface area contributed by atoms with Gasteiger partial charge in [0.2, 0.25) is 0 Å².